The van der Waals surface area contributed by atoms with Crippen LogP contribution in [0.15, 0.2) is 22.8 Å². The Hall–Kier alpha value is -0.450. The van der Waals surface area contributed by atoms with Crippen molar-refractivity contribution in [3.63, 3.8) is 0 Å². The number of thioether (sulfide) groups is 1. The third-order valence-electron chi connectivity index (χ3n) is 1.68. The van der Waals surface area contributed by atoms with E-state index in [1.165, 1.54) is 0 Å². The summed E-state index contributed by atoms with van der Waals surface area (Å²) in [5.74, 6) is 7.26. The van der Waals surface area contributed by atoms with Gasteiger partial charge in [0.25, 0.3) is 0 Å². The van der Waals surface area contributed by atoms with Crippen LogP contribution in [-0.2, 0) is 0 Å². The van der Waals surface area contributed by atoms with Crippen LogP contribution in [0.1, 0.15) is 25.6 Å². The molecule has 0 radical (unpaired) electrons. The Labute approximate surface area is 83.0 Å². The second-order valence-corrected chi connectivity index (χ2v) is 4.73. The highest BCUT2D eigenvalue weighted by Crippen LogP contribution is 2.20. The van der Waals surface area contributed by atoms with Crippen molar-refractivity contribution in [1.82, 2.24) is 5.43 Å². The summed E-state index contributed by atoms with van der Waals surface area (Å²) in [6.45, 7) is 4.33. The fraction of sp³-hybridized carbons (Fsp3) is 0.556. The number of hydrogen-bond acceptors (Lipinski definition) is 4. The molecular formula is C9H16N2OS. The van der Waals surface area contributed by atoms with E-state index in [1.54, 1.807) is 6.26 Å². The molecule has 13 heavy (non-hydrogen) atoms. The van der Waals surface area contributed by atoms with Crippen LogP contribution in [0.2, 0.25) is 0 Å². The Balaban J connectivity index is 2.44. The second kappa shape index (κ2) is 5.32. The van der Waals surface area contributed by atoms with E-state index in [0.717, 1.165) is 11.5 Å². The van der Waals surface area contributed by atoms with Gasteiger partial charge in [-0.05, 0) is 17.4 Å². The molecule has 0 saturated carbocycles. The molecule has 3 N–H and O–H groups in total. The monoisotopic (exact) mass is 200 g/mol. The zero-order valence-electron chi connectivity index (χ0n) is 7.99. The van der Waals surface area contributed by atoms with Gasteiger partial charge in [-0.1, -0.05) is 13.8 Å². The summed E-state index contributed by atoms with van der Waals surface area (Å²) in [7, 11) is 0. The Morgan fingerprint density at radius 1 is 1.62 bits per heavy atom. The maximum absolute atomic E-state index is 5.43. The maximum atomic E-state index is 5.43. The summed E-state index contributed by atoms with van der Waals surface area (Å²) in [6, 6.07) is 3.92. The summed E-state index contributed by atoms with van der Waals surface area (Å²) < 4.78 is 5.26. The van der Waals surface area contributed by atoms with E-state index >= 15 is 0 Å². The largest absolute Gasteiger partial charge is 0.468 e. The van der Waals surface area contributed by atoms with Gasteiger partial charge in [-0.25, -0.2) is 5.43 Å². The minimum atomic E-state index is 0.113. The molecule has 0 amide bonds. The van der Waals surface area contributed by atoms with Crippen LogP contribution >= 0.6 is 11.8 Å². The highest BCUT2D eigenvalue weighted by atomic mass is 32.2. The molecule has 1 aromatic rings. The Kier molecular flexibility index (Phi) is 4.35. The van der Waals surface area contributed by atoms with E-state index < -0.39 is 0 Å². The van der Waals surface area contributed by atoms with Crippen LogP contribution < -0.4 is 11.3 Å². The molecule has 74 valence electrons. The van der Waals surface area contributed by atoms with Gasteiger partial charge in [0.2, 0.25) is 0 Å². The topological polar surface area (TPSA) is 51.2 Å². The van der Waals surface area contributed by atoms with Crippen molar-refractivity contribution in [2.24, 2.45) is 5.84 Å². The van der Waals surface area contributed by atoms with Gasteiger partial charge in [0.1, 0.15) is 5.76 Å². The molecule has 0 aromatic carbocycles. The zero-order chi connectivity index (χ0) is 9.68. The van der Waals surface area contributed by atoms with Crippen molar-refractivity contribution in [2.45, 2.75) is 25.1 Å². The minimum absolute atomic E-state index is 0.113. The fourth-order valence-electron chi connectivity index (χ4n) is 0.991. The number of rotatable bonds is 5. The van der Waals surface area contributed by atoms with E-state index in [2.05, 4.69) is 19.3 Å². The average molecular weight is 200 g/mol. The fourth-order valence-corrected chi connectivity index (χ4v) is 1.83. The molecule has 0 aliphatic heterocycles. The van der Waals surface area contributed by atoms with Crippen LogP contribution in [0.5, 0.6) is 0 Å². The summed E-state index contributed by atoms with van der Waals surface area (Å²) in [6.07, 6.45) is 1.67. The molecule has 0 spiro atoms. The first-order valence-corrected chi connectivity index (χ1v) is 5.40. The third-order valence-corrected chi connectivity index (χ3v) is 2.88. The molecule has 0 saturated heterocycles. The standard InChI is InChI=1S/C9H16N2OS/c1-7(2)13-6-8(11-10)9-4-3-5-12-9/h3-5,7-8,11H,6,10H2,1-2H3. The van der Waals surface area contributed by atoms with E-state index in [9.17, 15) is 0 Å². The van der Waals surface area contributed by atoms with Crippen LogP contribution in [0.4, 0.5) is 0 Å². The normalized spacial score (nSPS) is 13.5. The third kappa shape index (κ3) is 3.42. The first-order valence-electron chi connectivity index (χ1n) is 4.35. The smallest absolute Gasteiger partial charge is 0.122 e. The molecular weight excluding hydrogens is 184 g/mol. The summed E-state index contributed by atoms with van der Waals surface area (Å²) in [4.78, 5) is 0. The summed E-state index contributed by atoms with van der Waals surface area (Å²) >= 11 is 1.86. The van der Waals surface area contributed by atoms with Crippen LogP contribution in [-0.4, -0.2) is 11.0 Å². The molecule has 1 atom stereocenters. The first-order chi connectivity index (χ1) is 6.24. The zero-order valence-corrected chi connectivity index (χ0v) is 8.80. The lowest BCUT2D eigenvalue weighted by molar-refractivity contribution is 0.440. The van der Waals surface area contributed by atoms with E-state index in [0.29, 0.717) is 5.25 Å². The first kappa shape index (κ1) is 10.6. The van der Waals surface area contributed by atoms with Crippen LogP contribution in [0.3, 0.4) is 0 Å². The highest BCUT2D eigenvalue weighted by molar-refractivity contribution is 7.99. The van der Waals surface area contributed by atoms with Crippen molar-refractivity contribution in [1.29, 1.82) is 0 Å². The number of hydrazine groups is 1. The van der Waals surface area contributed by atoms with Gasteiger partial charge in [-0.2, -0.15) is 11.8 Å². The lowest BCUT2D eigenvalue weighted by Crippen LogP contribution is -2.29. The Bertz CT molecular complexity index is 224. The molecule has 0 aliphatic carbocycles. The van der Waals surface area contributed by atoms with E-state index in [-0.39, 0.29) is 6.04 Å². The number of nitrogens with one attached hydrogen (secondary N) is 1. The molecule has 4 heteroatoms. The summed E-state index contributed by atoms with van der Waals surface area (Å²) in [5.41, 5.74) is 2.75. The molecule has 1 unspecified atom stereocenters. The van der Waals surface area contributed by atoms with Crippen molar-refractivity contribution in [3.05, 3.63) is 24.2 Å². The molecule has 0 bridgehead atoms. The molecule has 1 aromatic heterocycles. The van der Waals surface area contributed by atoms with E-state index in [1.807, 2.05) is 23.9 Å². The molecule has 0 aliphatic rings. The van der Waals surface area contributed by atoms with Crippen LogP contribution in [0, 0.1) is 0 Å². The van der Waals surface area contributed by atoms with Crippen molar-refractivity contribution < 1.29 is 4.42 Å². The van der Waals surface area contributed by atoms with Gasteiger partial charge in [0, 0.05) is 5.75 Å². The number of furan rings is 1. The minimum Gasteiger partial charge on any atom is -0.468 e. The van der Waals surface area contributed by atoms with Gasteiger partial charge in [0.15, 0.2) is 0 Å². The predicted molar refractivity (Wildman–Crippen MR) is 56.4 cm³/mol. The predicted octanol–water partition coefficient (Wildman–Crippen LogP) is 1.93. The van der Waals surface area contributed by atoms with Gasteiger partial charge >= 0.3 is 0 Å². The van der Waals surface area contributed by atoms with Gasteiger partial charge in [0.05, 0.1) is 12.3 Å². The highest BCUT2D eigenvalue weighted by Gasteiger charge is 2.12. The van der Waals surface area contributed by atoms with Crippen molar-refractivity contribution >= 4 is 11.8 Å². The lowest BCUT2D eigenvalue weighted by atomic mass is 10.3. The van der Waals surface area contributed by atoms with Gasteiger partial charge in [-0.15, -0.1) is 0 Å². The number of nitrogens with two attached hydrogens (primary N) is 1. The molecule has 0 fully saturated rings. The van der Waals surface area contributed by atoms with Crippen LogP contribution in [0.25, 0.3) is 0 Å². The average Bonchev–Trinajstić information content (AvgIpc) is 2.58. The number of hydrogen-bond donors (Lipinski definition) is 2. The quantitative estimate of drug-likeness (QED) is 0.563. The molecule has 1 rings (SSSR count). The Morgan fingerprint density at radius 2 is 2.38 bits per heavy atom. The summed E-state index contributed by atoms with van der Waals surface area (Å²) in [5, 5.41) is 0.616. The molecule has 3 nitrogen and oxygen atoms in total. The Morgan fingerprint density at radius 3 is 2.85 bits per heavy atom. The lowest BCUT2D eigenvalue weighted by Gasteiger charge is -2.13. The van der Waals surface area contributed by atoms with Gasteiger partial charge in [-0.3, -0.25) is 5.84 Å². The van der Waals surface area contributed by atoms with Crippen molar-refractivity contribution in [3.8, 4) is 0 Å². The van der Waals surface area contributed by atoms with Crippen molar-refractivity contribution in [2.75, 3.05) is 5.75 Å². The maximum Gasteiger partial charge on any atom is 0.122 e. The SMILES string of the molecule is CC(C)SCC(NN)c1ccco1. The van der Waals surface area contributed by atoms with E-state index in [4.69, 9.17) is 10.3 Å². The second-order valence-electron chi connectivity index (χ2n) is 3.12. The molecule has 1 heterocycles. The van der Waals surface area contributed by atoms with Gasteiger partial charge < -0.3 is 4.42 Å².